The number of thioether (sulfide) groups is 1. The van der Waals surface area contributed by atoms with Crippen LogP contribution in [0.15, 0.2) is 28.4 Å². The van der Waals surface area contributed by atoms with Gasteiger partial charge in [-0.15, -0.1) is 5.10 Å². The lowest BCUT2D eigenvalue weighted by Crippen LogP contribution is -2.19. The fourth-order valence-electron chi connectivity index (χ4n) is 1.91. The van der Waals surface area contributed by atoms with Crippen LogP contribution in [0.25, 0.3) is 0 Å². The predicted octanol–water partition coefficient (Wildman–Crippen LogP) is 2.31. The van der Waals surface area contributed by atoms with Crippen molar-refractivity contribution in [3.8, 4) is 0 Å². The van der Waals surface area contributed by atoms with Gasteiger partial charge in [0.15, 0.2) is 5.17 Å². The zero-order chi connectivity index (χ0) is 15.4. The second kappa shape index (κ2) is 7.02. The third-order valence-corrected chi connectivity index (χ3v) is 4.19. The van der Waals surface area contributed by atoms with E-state index in [4.69, 9.17) is 4.74 Å². The smallest absolute Gasteiger partial charge is 0.236 e. The first-order chi connectivity index (χ1) is 10.7. The predicted molar refractivity (Wildman–Crippen MR) is 84.4 cm³/mol. The molecule has 0 atom stereocenters. The Labute approximate surface area is 132 Å². The number of amidine groups is 1. The highest BCUT2D eigenvalue weighted by Crippen LogP contribution is 2.29. The highest BCUT2D eigenvalue weighted by atomic mass is 32.2. The van der Waals surface area contributed by atoms with Crippen LogP contribution in [0.5, 0.6) is 0 Å². The van der Waals surface area contributed by atoms with E-state index in [9.17, 15) is 9.18 Å². The fourth-order valence-corrected chi connectivity index (χ4v) is 2.54. The Hall–Kier alpha value is -1.73. The first kappa shape index (κ1) is 15.2. The van der Waals surface area contributed by atoms with E-state index < -0.39 is 0 Å². The Morgan fingerprint density at radius 2 is 2.32 bits per heavy atom. The molecule has 116 valence electrons. The highest BCUT2D eigenvalue weighted by molar-refractivity contribution is 8.15. The van der Waals surface area contributed by atoms with Crippen LogP contribution in [0.2, 0.25) is 0 Å². The van der Waals surface area contributed by atoms with Gasteiger partial charge in [0.25, 0.3) is 0 Å². The molecule has 1 saturated heterocycles. The molecule has 7 heteroatoms. The van der Waals surface area contributed by atoms with E-state index in [1.54, 1.807) is 12.1 Å². The minimum absolute atomic E-state index is 0.0828. The largest absolute Gasteiger partial charge is 0.376 e. The number of carbonyl (C=O) groups excluding carboxylic acids is 1. The van der Waals surface area contributed by atoms with Crippen molar-refractivity contribution in [1.29, 1.82) is 0 Å². The third kappa shape index (κ3) is 4.38. The molecule has 1 amide bonds. The molecule has 1 aliphatic heterocycles. The molecule has 0 aromatic heterocycles. The van der Waals surface area contributed by atoms with Gasteiger partial charge in [-0.2, -0.15) is 5.10 Å². The van der Waals surface area contributed by atoms with E-state index in [2.05, 4.69) is 15.5 Å². The number of ether oxygens (including phenoxy) is 1. The lowest BCUT2D eigenvalue weighted by molar-refractivity contribution is -0.116. The number of halogens is 1. The molecule has 1 heterocycles. The van der Waals surface area contributed by atoms with Gasteiger partial charge >= 0.3 is 0 Å². The molecule has 5 nitrogen and oxygen atoms in total. The summed E-state index contributed by atoms with van der Waals surface area (Å²) in [5.41, 5.74) is 1.16. The van der Waals surface area contributed by atoms with Crippen molar-refractivity contribution < 1.29 is 13.9 Å². The summed E-state index contributed by atoms with van der Waals surface area (Å²) in [6.07, 6.45) is 3.90. The van der Waals surface area contributed by atoms with Crippen LogP contribution in [-0.2, 0) is 16.1 Å². The summed E-state index contributed by atoms with van der Waals surface area (Å²) in [6, 6.07) is 4.87. The van der Waals surface area contributed by atoms with E-state index in [1.165, 1.54) is 36.9 Å². The van der Waals surface area contributed by atoms with E-state index in [-0.39, 0.29) is 11.7 Å². The first-order valence-electron chi connectivity index (χ1n) is 7.10. The van der Waals surface area contributed by atoms with E-state index in [0.717, 1.165) is 0 Å². The van der Waals surface area contributed by atoms with Gasteiger partial charge in [0.05, 0.1) is 18.6 Å². The van der Waals surface area contributed by atoms with Gasteiger partial charge in [-0.3, -0.25) is 4.79 Å². The summed E-state index contributed by atoms with van der Waals surface area (Å²) in [7, 11) is 0. The number of nitrogens with one attached hydrogen (secondary N) is 1. The average Bonchev–Trinajstić information content (AvgIpc) is 3.23. The van der Waals surface area contributed by atoms with E-state index in [0.29, 0.717) is 41.2 Å². The van der Waals surface area contributed by atoms with E-state index in [1.807, 2.05) is 0 Å². The molecule has 0 unspecified atom stereocenters. The molecule has 1 saturated carbocycles. The summed E-state index contributed by atoms with van der Waals surface area (Å²) in [5, 5.41) is 10.8. The number of hydrogen-bond donors (Lipinski definition) is 1. The van der Waals surface area contributed by atoms with Crippen molar-refractivity contribution in [2.75, 3.05) is 12.4 Å². The molecule has 0 spiro atoms. The van der Waals surface area contributed by atoms with Crippen LogP contribution in [-0.4, -0.2) is 29.6 Å². The summed E-state index contributed by atoms with van der Waals surface area (Å²) in [6.45, 7) is 1.01. The second-order valence-electron chi connectivity index (χ2n) is 5.30. The molecular formula is C15H16FN3O2S. The molecule has 0 bridgehead atoms. The van der Waals surface area contributed by atoms with Crippen LogP contribution in [0.4, 0.5) is 4.39 Å². The van der Waals surface area contributed by atoms with E-state index >= 15 is 0 Å². The monoisotopic (exact) mass is 321 g/mol. The number of benzene rings is 1. The standard InChI is InChI=1S/C15H16FN3O2S/c16-13-5-11(6-17-19-15-18-14(20)9-22-15)3-4-12(13)8-21-7-10-1-2-10/h3-6,10H,1-2,7-9H2,(H,18,19,20). The number of rotatable bonds is 6. The van der Waals surface area contributed by atoms with Gasteiger partial charge in [0.1, 0.15) is 5.82 Å². The maximum absolute atomic E-state index is 13.9. The number of hydrogen-bond acceptors (Lipinski definition) is 5. The molecule has 1 aromatic carbocycles. The lowest BCUT2D eigenvalue weighted by Gasteiger charge is -2.05. The normalized spacial score (nSPS) is 20.0. The number of amides is 1. The molecule has 2 fully saturated rings. The molecule has 1 N–H and O–H groups in total. The molecule has 0 radical (unpaired) electrons. The average molecular weight is 321 g/mol. The summed E-state index contributed by atoms with van der Waals surface area (Å²) < 4.78 is 19.4. The van der Waals surface area contributed by atoms with Crippen molar-refractivity contribution in [3.63, 3.8) is 0 Å². The maximum atomic E-state index is 13.9. The Morgan fingerprint density at radius 3 is 3.00 bits per heavy atom. The minimum Gasteiger partial charge on any atom is -0.376 e. The SMILES string of the molecule is O=C1CSC(=NN=Cc2ccc(COCC3CC3)c(F)c2)N1. The van der Waals surface area contributed by atoms with Crippen LogP contribution in [0.3, 0.4) is 0 Å². The van der Waals surface area contributed by atoms with Gasteiger partial charge < -0.3 is 10.1 Å². The molecule has 2 aliphatic rings. The van der Waals surface area contributed by atoms with Crippen LogP contribution >= 0.6 is 11.8 Å². The quantitative estimate of drug-likeness (QED) is 0.646. The lowest BCUT2D eigenvalue weighted by atomic mass is 10.1. The fraction of sp³-hybridized carbons (Fsp3) is 0.400. The summed E-state index contributed by atoms with van der Waals surface area (Å²) in [5.74, 6) is 0.637. The highest BCUT2D eigenvalue weighted by Gasteiger charge is 2.21. The number of nitrogens with zero attached hydrogens (tertiary/aromatic N) is 2. The second-order valence-corrected chi connectivity index (χ2v) is 6.26. The van der Waals surface area contributed by atoms with Crippen LogP contribution < -0.4 is 5.32 Å². The van der Waals surface area contributed by atoms with Crippen molar-refractivity contribution in [2.45, 2.75) is 19.4 Å². The molecule has 1 aliphatic carbocycles. The van der Waals surface area contributed by atoms with Gasteiger partial charge in [0, 0.05) is 12.2 Å². The summed E-state index contributed by atoms with van der Waals surface area (Å²) >= 11 is 1.29. The Bertz CT molecular complexity index is 629. The Morgan fingerprint density at radius 1 is 1.45 bits per heavy atom. The third-order valence-electron chi connectivity index (χ3n) is 3.33. The molecule has 22 heavy (non-hydrogen) atoms. The van der Waals surface area contributed by atoms with Gasteiger partial charge in [-0.1, -0.05) is 23.9 Å². The van der Waals surface area contributed by atoms with Gasteiger partial charge in [0.2, 0.25) is 5.91 Å². The van der Waals surface area contributed by atoms with Crippen molar-refractivity contribution >= 4 is 29.1 Å². The van der Waals surface area contributed by atoms with Crippen molar-refractivity contribution in [2.24, 2.45) is 16.1 Å². The minimum atomic E-state index is -0.309. The zero-order valence-electron chi connectivity index (χ0n) is 11.9. The van der Waals surface area contributed by atoms with Crippen LogP contribution in [0, 0.1) is 11.7 Å². The van der Waals surface area contributed by atoms with Gasteiger partial charge in [-0.25, -0.2) is 4.39 Å². The molecule has 1 aromatic rings. The van der Waals surface area contributed by atoms with Crippen LogP contribution in [0.1, 0.15) is 24.0 Å². The van der Waals surface area contributed by atoms with Crippen molar-refractivity contribution in [1.82, 2.24) is 5.32 Å². The molecule has 3 rings (SSSR count). The Kier molecular flexibility index (Phi) is 4.84. The topological polar surface area (TPSA) is 63.0 Å². The van der Waals surface area contributed by atoms with Gasteiger partial charge in [-0.05, 0) is 30.4 Å². The Balaban J connectivity index is 1.55. The zero-order valence-corrected chi connectivity index (χ0v) is 12.7. The van der Waals surface area contributed by atoms with Crippen molar-refractivity contribution in [3.05, 3.63) is 35.1 Å². The molecular weight excluding hydrogens is 305 g/mol. The first-order valence-corrected chi connectivity index (χ1v) is 8.09. The number of carbonyl (C=O) groups is 1. The maximum Gasteiger partial charge on any atom is 0.236 e. The summed E-state index contributed by atoms with van der Waals surface area (Å²) in [4.78, 5) is 11.0.